The topological polar surface area (TPSA) is 33.2 Å². The summed E-state index contributed by atoms with van der Waals surface area (Å²) in [6, 6.07) is 3.97. The van der Waals surface area contributed by atoms with Crippen molar-refractivity contribution in [2.45, 2.75) is 46.0 Å². The molecule has 0 N–H and O–H groups in total. The van der Waals surface area contributed by atoms with Gasteiger partial charge in [0.05, 0.1) is 6.42 Å². The zero-order valence-corrected chi connectivity index (χ0v) is 12.1. The third-order valence-corrected chi connectivity index (χ3v) is 4.08. The van der Waals surface area contributed by atoms with E-state index in [0.717, 1.165) is 37.5 Å². The first-order valence-corrected chi connectivity index (χ1v) is 7.38. The SMILES string of the molecule is CC[C@H]1CCCN(C(=O)Cc2cc(C)ccn2)CC1. The van der Waals surface area contributed by atoms with Gasteiger partial charge in [0.1, 0.15) is 0 Å². The van der Waals surface area contributed by atoms with Crippen molar-refractivity contribution in [2.24, 2.45) is 5.92 Å². The van der Waals surface area contributed by atoms with Gasteiger partial charge in [0, 0.05) is 25.0 Å². The van der Waals surface area contributed by atoms with Crippen LogP contribution in [0.1, 0.15) is 43.9 Å². The minimum Gasteiger partial charge on any atom is -0.342 e. The van der Waals surface area contributed by atoms with Gasteiger partial charge in [0.25, 0.3) is 0 Å². The molecule has 1 aliphatic rings. The van der Waals surface area contributed by atoms with Crippen LogP contribution in [-0.4, -0.2) is 28.9 Å². The summed E-state index contributed by atoms with van der Waals surface area (Å²) in [5.41, 5.74) is 2.06. The molecule has 1 fully saturated rings. The third-order valence-electron chi connectivity index (χ3n) is 4.08. The molecule has 1 atom stereocenters. The van der Waals surface area contributed by atoms with Gasteiger partial charge < -0.3 is 4.90 Å². The quantitative estimate of drug-likeness (QED) is 0.837. The first-order valence-electron chi connectivity index (χ1n) is 7.38. The Labute approximate surface area is 116 Å². The molecule has 2 heterocycles. The Hall–Kier alpha value is -1.38. The predicted octanol–water partition coefficient (Wildman–Crippen LogP) is 2.97. The van der Waals surface area contributed by atoms with Crippen LogP contribution in [0.5, 0.6) is 0 Å². The van der Waals surface area contributed by atoms with E-state index in [1.54, 1.807) is 6.20 Å². The summed E-state index contributed by atoms with van der Waals surface area (Å²) in [5.74, 6) is 1.03. The Morgan fingerprint density at radius 2 is 2.26 bits per heavy atom. The van der Waals surface area contributed by atoms with E-state index in [2.05, 4.69) is 11.9 Å². The number of rotatable bonds is 3. The van der Waals surface area contributed by atoms with Gasteiger partial charge in [-0.3, -0.25) is 9.78 Å². The average Bonchev–Trinajstić information content (AvgIpc) is 2.64. The lowest BCUT2D eigenvalue weighted by molar-refractivity contribution is -0.130. The van der Waals surface area contributed by atoms with Gasteiger partial charge in [0.2, 0.25) is 5.91 Å². The molecule has 1 amide bonds. The normalized spacial score (nSPS) is 20.1. The number of aromatic nitrogens is 1. The molecule has 1 saturated heterocycles. The first-order chi connectivity index (χ1) is 9.19. The summed E-state index contributed by atoms with van der Waals surface area (Å²) in [6.07, 6.45) is 7.03. The van der Waals surface area contributed by atoms with Crippen LogP contribution in [0.2, 0.25) is 0 Å². The molecular formula is C16H24N2O. The molecule has 3 heteroatoms. The second-order valence-electron chi connectivity index (χ2n) is 5.59. The van der Waals surface area contributed by atoms with Crippen LogP contribution < -0.4 is 0 Å². The van der Waals surface area contributed by atoms with E-state index in [9.17, 15) is 4.79 Å². The van der Waals surface area contributed by atoms with E-state index in [0.29, 0.717) is 6.42 Å². The fraction of sp³-hybridized carbons (Fsp3) is 0.625. The summed E-state index contributed by atoms with van der Waals surface area (Å²) >= 11 is 0. The molecule has 1 aliphatic heterocycles. The van der Waals surface area contributed by atoms with Gasteiger partial charge >= 0.3 is 0 Å². The van der Waals surface area contributed by atoms with E-state index in [4.69, 9.17) is 0 Å². The lowest BCUT2D eigenvalue weighted by Gasteiger charge is -2.20. The third kappa shape index (κ3) is 4.05. The van der Waals surface area contributed by atoms with E-state index < -0.39 is 0 Å². The zero-order chi connectivity index (χ0) is 13.7. The zero-order valence-electron chi connectivity index (χ0n) is 12.1. The molecular weight excluding hydrogens is 236 g/mol. The highest BCUT2D eigenvalue weighted by Gasteiger charge is 2.20. The highest BCUT2D eigenvalue weighted by atomic mass is 16.2. The smallest absolute Gasteiger partial charge is 0.228 e. The van der Waals surface area contributed by atoms with Crippen LogP contribution in [0.15, 0.2) is 18.3 Å². The number of likely N-dealkylation sites (tertiary alicyclic amines) is 1. The summed E-state index contributed by atoms with van der Waals surface area (Å²) in [6.45, 7) is 6.12. The number of carbonyl (C=O) groups is 1. The van der Waals surface area contributed by atoms with Gasteiger partial charge in [-0.05, 0) is 49.8 Å². The van der Waals surface area contributed by atoms with Crippen LogP contribution in [0.25, 0.3) is 0 Å². The van der Waals surface area contributed by atoms with E-state index in [1.165, 1.54) is 18.4 Å². The van der Waals surface area contributed by atoms with Crippen molar-refractivity contribution in [3.8, 4) is 0 Å². The second kappa shape index (κ2) is 6.69. The molecule has 104 valence electrons. The Morgan fingerprint density at radius 3 is 3.00 bits per heavy atom. The molecule has 0 spiro atoms. The van der Waals surface area contributed by atoms with Crippen LogP contribution >= 0.6 is 0 Å². The molecule has 0 radical (unpaired) electrons. The maximum absolute atomic E-state index is 12.3. The van der Waals surface area contributed by atoms with Crippen LogP contribution in [0, 0.1) is 12.8 Å². The van der Waals surface area contributed by atoms with Crippen molar-refractivity contribution >= 4 is 5.91 Å². The number of hydrogen-bond donors (Lipinski definition) is 0. The van der Waals surface area contributed by atoms with Crippen LogP contribution in [0.3, 0.4) is 0 Å². The number of pyridine rings is 1. The van der Waals surface area contributed by atoms with Crippen molar-refractivity contribution < 1.29 is 4.79 Å². The molecule has 0 aromatic carbocycles. The number of carbonyl (C=O) groups excluding carboxylic acids is 1. The number of nitrogens with zero attached hydrogens (tertiary/aromatic N) is 2. The maximum Gasteiger partial charge on any atom is 0.228 e. The Kier molecular flexibility index (Phi) is 4.94. The number of aryl methyl sites for hydroxylation is 1. The molecule has 0 unspecified atom stereocenters. The van der Waals surface area contributed by atoms with E-state index in [-0.39, 0.29) is 5.91 Å². The van der Waals surface area contributed by atoms with Crippen molar-refractivity contribution in [3.05, 3.63) is 29.6 Å². The molecule has 1 aromatic heterocycles. The van der Waals surface area contributed by atoms with Gasteiger partial charge in [-0.1, -0.05) is 13.3 Å². The van der Waals surface area contributed by atoms with Gasteiger partial charge in [-0.15, -0.1) is 0 Å². The van der Waals surface area contributed by atoms with Crippen LogP contribution in [-0.2, 0) is 11.2 Å². The van der Waals surface area contributed by atoms with Crippen LogP contribution in [0.4, 0.5) is 0 Å². The standard InChI is InChI=1S/C16H24N2O/c1-3-14-5-4-9-18(10-7-14)16(19)12-15-11-13(2)6-8-17-15/h6,8,11,14H,3-5,7,9-10,12H2,1-2H3/t14-/m0/s1. The first kappa shape index (κ1) is 14.0. The summed E-state index contributed by atoms with van der Waals surface area (Å²) in [5, 5.41) is 0. The molecule has 2 rings (SSSR count). The minimum atomic E-state index is 0.231. The Balaban J connectivity index is 1.92. The van der Waals surface area contributed by atoms with E-state index >= 15 is 0 Å². The van der Waals surface area contributed by atoms with Gasteiger partial charge in [-0.2, -0.15) is 0 Å². The van der Waals surface area contributed by atoms with Crippen molar-refractivity contribution in [2.75, 3.05) is 13.1 Å². The maximum atomic E-state index is 12.3. The number of amides is 1. The molecule has 1 aromatic rings. The molecule has 0 aliphatic carbocycles. The molecule has 0 saturated carbocycles. The summed E-state index contributed by atoms with van der Waals surface area (Å²) in [7, 11) is 0. The average molecular weight is 260 g/mol. The molecule has 0 bridgehead atoms. The summed E-state index contributed by atoms with van der Waals surface area (Å²) in [4.78, 5) is 18.6. The fourth-order valence-corrected chi connectivity index (χ4v) is 2.79. The predicted molar refractivity (Wildman–Crippen MR) is 76.9 cm³/mol. The van der Waals surface area contributed by atoms with Gasteiger partial charge in [0.15, 0.2) is 0 Å². The lowest BCUT2D eigenvalue weighted by Crippen LogP contribution is -2.33. The van der Waals surface area contributed by atoms with Crippen molar-refractivity contribution in [1.82, 2.24) is 9.88 Å². The molecule has 19 heavy (non-hydrogen) atoms. The largest absolute Gasteiger partial charge is 0.342 e. The number of hydrogen-bond acceptors (Lipinski definition) is 2. The summed E-state index contributed by atoms with van der Waals surface area (Å²) < 4.78 is 0. The highest BCUT2D eigenvalue weighted by Crippen LogP contribution is 2.20. The highest BCUT2D eigenvalue weighted by molar-refractivity contribution is 5.78. The van der Waals surface area contributed by atoms with E-state index in [1.807, 2.05) is 24.0 Å². The minimum absolute atomic E-state index is 0.231. The Bertz CT molecular complexity index is 431. The molecule has 3 nitrogen and oxygen atoms in total. The lowest BCUT2D eigenvalue weighted by atomic mass is 9.98. The van der Waals surface area contributed by atoms with Crippen molar-refractivity contribution in [1.29, 1.82) is 0 Å². The van der Waals surface area contributed by atoms with Crippen molar-refractivity contribution in [3.63, 3.8) is 0 Å². The fourth-order valence-electron chi connectivity index (χ4n) is 2.79. The monoisotopic (exact) mass is 260 g/mol. The van der Waals surface area contributed by atoms with Gasteiger partial charge in [-0.25, -0.2) is 0 Å². The Morgan fingerprint density at radius 1 is 1.42 bits per heavy atom. The second-order valence-corrected chi connectivity index (χ2v) is 5.59.